The summed E-state index contributed by atoms with van der Waals surface area (Å²) in [4.78, 5) is 4.03. The molecule has 1 aliphatic carbocycles. The fraction of sp³-hybridized carbons (Fsp3) is 0.706. The third kappa shape index (κ3) is 3.56. The van der Waals surface area contributed by atoms with Gasteiger partial charge in [0.1, 0.15) is 0 Å². The highest BCUT2D eigenvalue weighted by molar-refractivity contribution is 5.13. The maximum Gasteiger partial charge on any atom is 0.0688 e. The molecule has 0 saturated heterocycles. The van der Waals surface area contributed by atoms with Crippen LogP contribution in [0.25, 0.3) is 0 Å². The van der Waals surface area contributed by atoms with Crippen LogP contribution in [0.1, 0.15) is 58.4 Å². The molecule has 0 aliphatic heterocycles. The molecule has 0 spiro atoms. The molecule has 0 aromatic carbocycles. The van der Waals surface area contributed by atoms with Crippen LogP contribution in [0, 0.1) is 11.3 Å². The van der Waals surface area contributed by atoms with Crippen molar-refractivity contribution in [2.24, 2.45) is 11.3 Å². The number of rotatable bonds is 4. The van der Waals surface area contributed by atoms with Crippen LogP contribution in [0.2, 0.25) is 0 Å². The molecule has 1 saturated carbocycles. The summed E-state index contributed by atoms with van der Waals surface area (Å²) < 4.78 is 0. The van der Waals surface area contributed by atoms with Gasteiger partial charge in [-0.25, -0.2) is 0 Å². The lowest BCUT2D eigenvalue weighted by atomic mass is 9.65. The topological polar surface area (TPSA) is 33.1 Å². The van der Waals surface area contributed by atoms with E-state index in [0.717, 1.165) is 38.0 Å². The summed E-state index contributed by atoms with van der Waals surface area (Å²) >= 11 is 0. The van der Waals surface area contributed by atoms with Crippen LogP contribution < -0.4 is 0 Å². The van der Waals surface area contributed by atoms with Crippen LogP contribution >= 0.6 is 0 Å². The summed E-state index contributed by atoms with van der Waals surface area (Å²) in [5.74, 6) is 0.759. The molecule has 1 aromatic heterocycles. The zero-order chi connectivity index (χ0) is 13.9. The van der Waals surface area contributed by atoms with E-state index in [1.807, 2.05) is 24.5 Å². The lowest BCUT2D eigenvalue weighted by molar-refractivity contribution is -0.0276. The number of pyridine rings is 1. The van der Waals surface area contributed by atoms with Crippen molar-refractivity contribution < 1.29 is 5.11 Å². The lowest BCUT2D eigenvalue weighted by Gasteiger charge is -2.42. The van der Waals surface area contributed by atoms with Gasteiger partial charge >= 0.3 is 0 Å². The van der Waals surface area contributed by atoms with Crippen molar-refractivity contribution >= 4 is 0 Å². The Kier molecular flexibility index (Phi) is 4.29. The van der Waals surface area contributed by atoms with E-state index in [9.17, 15) is 5.11 Å². The fourth-order valence-corrected chi connectivity index (χ4v) is 3.28. The van der Waals surface area contributed by atoms with E-state index in [-0.39, 0.29) is 0 Å². The molecule has 2 rings (SSSR count). The monoisotopic (exact) mass is 261 g/mol. The molecule has 1 aliphatic rings. The molecule has 19 heavy (non-hydrogen) atoms. The second-order valence-corrected chi connectivity index (χ2v) is 6.87. The Hall–Kier alpha value is -0.890. The van der Waals surface area contributed by atoms with Crippen LogP contribution in [-0.4, -0.2) is 15.7 Å². The van der Waals surface area contributed by atoms with Crippen molar-refractivity contribution in [1.82, 2.24) is 4.98 Å². The van der Waals surface area contributed by atoms with Crippen molar-refractivity contribution in [2.45, 2.75) is 64.9 Å². The first-order valence-electron chi connectivity index (χ1n) is 7.56. The van der Waals surface area contributed by atoms with E-state index in [4.69, 9.17) is 0 Å². The van der Waals surface area contributed by atoms with Gasteiger partial charge in [0.15, 0.2) is 0 Å². The maximum atomic E-state index is 10.8. The van der Waals surface area contributed by atoms with Gasteiger partial charge in [0.05, 0.1) is 5.60 Å². The standard InChI is InChI=1S/C17H27NO/c1-4-16(2,3)15-5-9-17(19,10-6-15)13-14-7-11-18-12-8-14/h7-8,11-12,15,19H,4-6,9-10,13H2,1-3H3. The molecule has 2 heteroatoms. The van der Waals surface area contributed by atoms with Gasteiger partial charge in [0.25, 0.3) is 0 Å². The van der Waals surface area contributed by atoms with Gasteiger partial charge in [-0.15, -0.1) is 0 Å². The third-order valence-electron chi connectivity index (χ3n) is 5.22. The van der Waals surface area contributed by atoms with E-state index in [1.54, 1.807) is 0 Å². The molecule has 2 nitrogen and oxygen atoms in total. The molecule has 1 aromatic rings. The summed E-state index contributed by atoms with van der Waals surface area (Å²) in [6, 6.07) is 4.03. The molecule has 0 unspecified atom stereocenters. The quantitative estimate of drug-likeness (QED) is 0.889. The fourth-order valence-electron chi connectivity index (χ4n) is 3.28. The molecule has 0 atom stereocenters. The van der Waals surface area contributed by atoms with Gasteiger partial charge in [0, 0.05) is 18.8 Å². The second kappa shape index (κ2) is 5.62. The molecule has 0 amide bonds. The highest BCUT2D eigenvalue weighted by Crippen LogP contribution is 2.44. The predicted octanol–water partition coefficient (Wildman–Crippen LogP) is 3.98. The number of hydrogen-bond donors (Lipinski definition) is 1. The maximum absolute atomic E-state index is 10.8. The first-order valence-corrected chi connectivity index (χ1v) is 7.56. The van der Waals surface area contributed by atoms with E-state index >= 15 is 0 Å². The predicted molar refractivity (Wildman–Crippen MR) is 78.9 cm³/mol. The van der Waals surface area contributed by atoms with Gasteiger partial charge in [-0.2, -0.15) is 0 Å². The van der Waals surface area contributed by atoms with E-state index in [0.29, 0.717) is 5.41 Å². The second-order valence-electron chi connectivity index (χ2n) is 6.87. The number of aromatic nitrogens is 1. The summed E-state index contributed by atoms with van der Waals surface area (Å²) in [5, 5.41) is 10.8. The average molecular weight is 261 g/mol. The molecular formula is C17H27NO. The first-order chi connectivity index (χ1) is 8.95. The molecule has 0 bridgehead atoms. The van der Waals surface area contributed by atoms with Crippen molar-refractivity contribution in [3.63, 3.8) is 0 Å². The molecule has 1 N–H and O–H groups in total. The largest absolute Gasteiger partial charge is 0.390 e. The van der Waals surface area contributed by atoms with Crippen molar-refractivity contribution in [2.75, 3.05) is 0 Å². The van der Waals surface area contributed by atoms with Crippen LogP contribution in [0.15, 0.2) is 24.5 Å². The van der Waals surface area contributed by atoms with Crippen molar-refractivity contribution in [3.05, 3.63) is 30.1 Å². The first kappa shape index (κ1) is 14.5. The van der Waals surface area contributed by atoms with Crippen LogP contribution in [0.3, 0.4) is 0 Å². The Balaban J connectivity index is 1.95. The summed E-state index contributed by atoms with van der Waals surface area (Å²) in [6.07, 6.45) is 9.79. The smallest absolute Gasteiger partial charge is 0.0688 e. The van der Waals surface area contributed by atoms with Crippen molar-refractivity contribution in [3.8, 4) is 0 Å². The SMILES string of the molecule is CCC(C)(C)C1CCC(O)(Cc2ccncc2)CC1. The average Bonchev–Trinajstić information content (AvgIpc) is 2.40. The third-order valence-corrected chi connectivity index (χ3v) is 5.22. The van der Waals surface area contributed by atoms with E-state index in [1.165, 1.54) is 12.0 Å². The Morgan fingerprint density at radius 3 is 2.37 bits per heavy atom. The van der Waals surface area contributed by atoms with Gasteiger partial charge in [-0.1, -0.05) is 27.2 Å². The zero-order valence-electron chi connectivity index (χ0n) is 12.5. The Bertz CT molecular complexity index is 391. The number of aliphatic hydroxyl groups is 1. The number of nitrogens with zero attached hydrogens (tertiary/aromatic N) is 1. The minimum atomic E-state index is -0.498. The minimum absolute atomic E-state index is 0.415. The highest BCUT2D eigenvalue weighted by atomic mass is 16.3. The van der Waals surface area contributed by atoms with Crippen LogP contribution in [-0.2, 0) is 6.42 Å². The van der Waals surface area contributed by atoms with E-state index < -0.39 is 5.60 Å². The van der Waals surface area contributed by atoms with Crippen LogP contribution in [0.5, 0.6) is 0 Å². The molecule has 1 fully saturated rings. The molecular weight excluding hydrogens is 234 g/mol. The van der Waals surface area contributed by atoms with Gasteiger partial charge in [-0.3, -0.25) is 4.98 Å². The van der Waals surface area contributed by atoms with Gasteiger partial charge in [-0.05, 0) is 54.7 Å². The summed E-state index contributed by atoms with van der Waals surface area (Å²) in [7, 11) is 0. The Morgan fingerprint density at radius 1 is 1.26 bits per heavy atom. The number of hydrogen-bond acceptors (Lipinski definition) is 2. The Morgan fingerprint density at radius 2 is 1.84 bits per heavy atom. The minimum Gasteiger partial charge on any atom is -0.390 e. The highest BCUT2D eigenvalue weighted by Gasteiger charge is 2.38. The molecule has 0 radical (unpaired) electrons. The normalized spacial score (nSPS) is 28.3. The van der Waals surface area contributed by atoms with Crippen molar-refractivity contribution in [1.29, 1.82) is 0 Å². The lowest BCUT2D eigenvalue weighted by Crippen LogP contribution is -2.39. The zero-order valence-corrected chi connectivity index (χ0v) is 12.5. The van der Waals surface area contributed by atoms with Crippen LogP contribution in [0.4, 0.5) is 0 Å². The Labute approximate surface area is 117 Å². The summed E-state index contributed by atoms with van der Waals surface area (Å²) in [6.45, 7) is 7.01. The molecule has 1 heterocycles. The molecule has 106 valence electrons. The van der Waals surface area contributed by atoms with Gasteiger partial charge in [0.2, 0.25) is 0 Å². The van der Waals surface area contributed by atoms with E-state index in [2.05, 4.69) is 25.8 Å². The summed E-state index contributed by atoms with van der Waals surface area (Å²) in [5.41, 5.74) is 1.12. The van der Waals surface area contributed by atoms with Gasteiger partial charge < -0.3 is 5.11 Å².